The monoisotopic (exact) mass is 325 g/mol. The number of rotatable bonds is 5. The van der Waals surface area contributed by atoms with E-state index in [2.05, 4.69) is 15.5 Å². The molecule has 112 valence electrons. The van der Waals surface area contributed by atoms with Gasteiger partial charge >= 0.3 is 0 Å². The largest absolute Gasteiger partial charge is 0.355 e. The van der Waals surface area contributed by atoms with Gasteiger partial charge in [-0.25, -0.2) is 0 Å². The summed E-state index contributed by atoms with van der Waals surface area (Å²) in [5.41, 5.74) is 3.72. The predicted octanol–water partition coefficient (Wildman–Crippen LogP) is 3.23. The van der Waals surface area contributed by atoms with Gasteiger partial charge in [0.05, 0.1) is 12.1 Å². The minimum atomic E-state index is -0.0207. The number of benzene rings is 1. The van der Waals surface area contributed by atoms with E-state index in [0.717, 1.165) is 22.5 Å². The summed E-state index contributed by atoms with van der Waals surface area (Å²) in [6.45, 7) is 4.34. The fourth-order valence-electron chi connectivity index (χ4n) is 2.12. The third kappa shape index (κ3) is 4.22. The van der Waals surface area contributed by atoms with E-state index in [1.165, 1.54) is 0 Å². The number of carbonyl (C=O) groups is 1. The van der Waals surface area contributed by atoms with Crippen LogP contribution in [0.3, 0.4) is 0 Å². The molecule has 0 atom stereocenters. The quantitative estimate of drug-likeness (QED) is 0.886. The molecule has 2 rings (SSSR count). The Balaban J connectivity index is 1.85. The number of aryl methyl sites for hydroxylation is 2. The van der Waals surface area contributed by atoms with Crippen LogP contribution in [0.25, 0.3) is 0 Å². The number of carbonyl (C=O) groups excluding carboxylic acids is 1. The number of halogens is 2. The Morgan fingerprint density at radius 1 is 1.33 bits per heavy atom. The van der Waals surface area contributed by atoms with E-state index in [1.54, 1.807) is 12.1 Å². The lowest BCUT2D eigenvalue weighted by molar-refractivity contribution is -0.120. The van der Waals surface area contributed by atoms with Gasteiger partial charge in [-0.3, -0.25) is 9.89 Å². The van der Waals surface area contributed by atoms with Gasteiger partial charge in [0.15, 0.2) is 0 Å². The molecule has 1 heterocycles. The summed E-state index contributed by atoms with van der Waals surface area (Å²) in [4.78, 5) is 11.9. The molecule has 1 amide bonds. The highest BCUT2D eigenvalue weighted by molar-refractivity contribution is 6.35. The molecular weight excluding hydrogens is 309 g/mol. The van der Waals surface area contributed by atoms with E-state index in [4.69, 9.17) is 23.2 Å². The van der Waals surface area contributed by atoms with Gasteiger partial charge in [-0.1, -0.05) is 29.3 Å². The van der Waals surface area contributed by atoms with Crippen LogP contribution in [0.5, 0.6) is 0 Å². The Morgan fingerprint density at radius 3 is 2.71 bits per heavy atom. The SMILES string of the molecule is Cc1n[nH]c(C)c1CC(=O)NCCc1ccc(Cl)cc1Cl. The number of amides is 1. The maximum Gasteiger partial charge on any atom is 0.224 e. The lowest BCUT2D eigenvalue weighted by Crippen LogP contribution is -2.27. The van der Waals surface area contributed by atoms with Crippen LogP contribution >= 0.6 is 23.2 Å². The Labute approximate surface area is 133 Å². The molecule has 0 aliphatic rings. The fourth-order valence-corrected chi connectivity index (χ4v) is 2.62. The average molecular weight is 326 g/mol. The number of nitrogens with zero attached hydrogens (tertiary/aromatic N) is 1. The first-order valence-corrected chi connectivity index (χ1v) is 7.44. The van der Waals surface area contributed by atoms with Gasteiger partial charge in [0.1, 0.15) is 0 Å². The number of nitrogens with one attached hydrogen (secondary N) is 2. The van der Waals surface area contributed by atoms with Crippen molar-refractivity contribution in [3.8, 4) is 0 Å². The van der Waals surface area contributed by atoms with Gasteiger partial charge < -0.3 is 5.32 Å². The first kappa shape index (κ1) is 15.9. The minimum Gasteiger partial charge on any atom is -0.355 e. The average Bonchev–Trinajstić information content (AvgIpc) is 2.73. The number of aromatic amines is 1. The Hall–Kier alpha value is -1.52. The third-order valence-corrected chi connectivity index (χ3v) is 3.94. The van der Waals surface area contributed by atoms with Crippen LogP contribution in [-0.4, -0.2) is 22.6 Å². The zero-order chi connectivity index (χ0) is 15.4. The predicted molar refractivity (Wildman–Crippen MR) is 84.9 cm³/mol. The molecule has 0 saturated carbocycles. The van der Waals surface area contributed by atoms with Crippen molar-refractivity contribution in [3.05, 3.63) is 50.8 Å². The van der Waals surface area contributed by atoms with Gasteiger partial charge in [0, 0.05) is 27.8 Å². The molecule has 0 fully saturated rings. The number of hydrogen-bond acceptors (Lipinski definition) is 2. The second kappa shape index (κ2) is 6.96. The minimum absolute atomic E-state index is 0.0207. The molecule has 21 heavy (non-hydrogen) atoms. The Bertz CT molecular complexity index is 633. The van der Waals surface area contributed by atoms with Crippen molar-refractivity contribution < 1.29 is 4.79 Å². The van der Waals surface area contributed by atoms with Crippen LogP contribution in [0, 0.1) is 13.8 Å². The second-order valence-electron chi connectivity index (χ2n) is 4.93. The summed E-state index contributed by atoms with van der Waals surface area (Å²) in [5, 5.41) is 11.1. The molecule has 4 nitrogen and oxygen atoms in total. The molecule has 0 bridgehead atoms. The van der Waals surface area contributed by atoms with Crippen molar-refractivity contribution in [2.24, 2.45) is 0 Å². The van der Waals surface area contributed by atoms with E-state index in [9.17, 15) is 4.79 Å². The van der Waals surface area contributed by atoms with Gasteiger partial charge in [-0.15, -0.1) is 0 Å². The molecule has 1 aromatic carbocycles. The van der Waals surface area contributed by atoms with Crippen LogP contribution in [0.4, 0.5) is 0 Å². The van der Waals surface area contributed by atoms with Gasteiger partial charge in [0.2, 0.25) is 5.91 Å². The molecule has 0 unspecified atom stereocenters. The number of hydrogen-bond donors (Lipinski definition) is 2. The van der Waals surface area contributed by atoms with Crippen LogP contribution in [0.15, 0.2) is 18.2 Å². The smallest absolute Gasteiger partial charge is 0.224 e. The van der Waals surface area contributed by atoms with Crippen molar-refractivity contribution >= 4 is 29.1 Å². The van der Waals surface area contributed by atoms with Crippen molar-refractivity contribution in [2.45, 2.75) is 26.7 Å². The lowest BCUT2D eigenvalue weighted by Gasteiger charge is -2.07. The van der Waals surface area contributed by atoms with Crippen molar-refractivity contribution in [1.82, 2.24) is 15.5 Å². The molecule has 0 aliphatic carbocycles. The molecule has 0 saturated heterocycles. The molecule has 6 heteroatoms. The Morgan fingerprint density at radius 2 is 2.10 bits per heavy atom. The standard InChI is InChI=1S/C15H17Cl2N3O/c1-9-13(10(2)20-19-9)8-15(21)18-6-5-11-3-4-12(16)7-14(11)17/h3-4,7H,5-6,8H2,1-2H3,(H,18,21)(H,19,20). The summed E-state index contributed by atoms with van der Waals surface area (Å²) in [6, 6.07) is 5.38. The van der Waals surface area contributed by atoms with Gasteiger partial charge in [0.25, 0.3) is 0 Å². The van der Waals surface area contributed by atoms with Crippen LogP contribution < -0.4 is 5.32 Å². The maximum atomic E-state index is 11.9. The summed E-state index contributed by atoms with van der Waals surface area (Å²) in [6.07, 6.45) is 1.01. The summed E-state index contributed by atoms with van der Waals surface area (Å²) >= 11 is 11.9. The fraction of sp³-hybridized carbons (Fsp3) is 0.333. The first-order chi connectivity index (χ1) is 9.97. The molecule has 0 aliphatic heterocycles. The third-order valence-electron chi connectivity index (χ3n) is 3.35. The van der Waals surface area contributed by atoms with Gasteiger partial charge in [-0.05, 0) is 38.0 Å². The van der Waals surface area contributed by atoms with E-state index in [1.807, 2.05) is 19.9 Å². The molecule has 2 aromatic rings. The van der Waals surface area contributed by atoms with E-state index < -0.39 is 0 Å². The van der Waals surface area contributed by atoms with Crippen LogP contribution in [-0.2, 0) is 17.6 Å². The number of aromatic nitrogens is 2. The van der Waals surface area contributed by atoms with Gasteiger partial charge in [-0.2, -0.15) is 5.10 Å². The van der Waals surface area contributed by atoms with E-state index >= 15 is 0 Å². The van der Waals surface area contributed by atoms with Crippen LogP contribution in [0.1, 0.15) is 22.5 Å². The van der Waals surface area contributed by atoms with Crippen molar-refractivity contribution in [3.63, 3.8) is 0 Å². The molecular formula is C15H17Cl2N3O. The number of H-pyrrole nitrogens is 1. The highest BCUT2D eigenvalue weighted by Crippen LogP contribution is 2.21. The highest BCUT2D eigenvalue weighted by atomic mass is 35.5. The second-order valence-corrected chi connectivity index (χ2v) is 5.77. The first-order valence-electron chi connectivity index (χ1n) is 6.68. The normalized spacial score (nSPS) is 10.7. The van der Waals surface area contributed by atoms with E-state index in [0.29, 0.717) is 29.4 Å². The zero-order valence-corrected chi connectivity index (χ0v) is 13.5. The molecule has 1 aromatic heterocycles. The summed E-state index contributed by atoms with van der Waals surface area (Å²) in [5.74, 6) is -0.0207. The van der Waals surface area contributed by atoms with Crippen molar-refractivity contribution in [1.29, 1.82) is 0 Å². The maximum absolute atomic E-state index is 11.9. The molecule has 0 spiro atoms. The van der Waals surface area contributed by atoms with E-state index in [-0.39, 0.29) is 5.91 Å². The summed E-state index contributed by atoms with van der Waals surface area (Å²) in [7, 11) is 0. The topological polar surface area (TPSA) is 57.8 Å². The van der Waals surface area contributed by atoms with Crippen LogP contribution in [0.2, 0.25) is 10.0 Å². The molecule has 0 radical (unpaired) electrons. The lowest BCUT2D eigenvalue weighted by atomic mass is 10.1. The zero-order valence-electron chi connectivity index (χ0n) is 12.0. The Kier molecular flexibility index (Phi) is 5.26. The summed E-state index contributed by atoms with van der Waals surface area (Å²) < 4.78 is 0. The highest BCUT2D eigenvalue weighted by Gasteiger charge is 2.11. The van der Waals surface area contributed by atoms with Crippen molar-refractivity contribution in [2.75, 3.05) is 6.54 Å². The molecule has 2 N–H and O–H groups in total.